The maximum atomic E-state index is 12.2. The molecule has 0 bridgehead atoms. The van der Waals surface area contributed by atoms with Gasteiger partial charge in [-0.2, -0.15) is 0 Å². The molecule has 7 nitrogen and oxygen atoms in total. The lowest BCUT2D eigenvalue weighted by Gasteiger charge is -2.15. The van der Waals surface area contributed by atoms with Crippen LogP contribution in [-0.4, -0.2) is 27.7 Å². The lowest BCUT2D eigenvalue weighted by atomic mass is 10.1. The summed E-state index contributed by atoms with van der Waals surface area (Å²) in [4.78, 5) is 12.1. The summed E-state index contributed by atoms with van der Waals surface area (Å²) in [6.07, 6.45) is -0.00141. The molecule has 9 heteroatoms. The molecule has 0 aromatic heterocycles. The number of benzene rings is 2. The third-order valence-electron chi connectivity index (χ3n) is 4.04. The number of amides is 1. The number of hydrogen-bond acceptors (Lipinski definition) is 5. The van der Waals surface area contributed by atoms with Crippen LogP contribution in [0.15, 0.2) is 47.4 Å². The number of rotatable bonds is 7. The van der Waals surface area contributed by atoms with Gasteiger partial charge in [-0.15, -0.1) is 0 Å². The second kappa shape index (κ2) is 8.16. The van der Waals surface area contributed by atoms with Crippen molar-refractivity contribution < 1.29 is 22.7 Å². The zero-order valence-corrected chi connectivity index (χ0v) is 16.1. The first-order valence-corrected chi connectivity index (χ1v) is 10.2. The minimum Gasteiger partial charge on any atom is -0.454 e. The van der Waals surface area contributed by atoms with Crippen LogP contribution in [0.5, 0.6) is 11.5 Å². The Morgan fingerprint density at radius 3 is 2.70 bits per heavy atom. The zero-order chi connectivity index (χ0) is 19.4. The molecule has 0 spiro atoms. The van der Waals surface area contributed by atoms with Gasteiger partial charge in [-0.25, -0.2) is 13.1 Å². The Morgan fingerprint density at radius 1 is 1.19 bits per heavy atom. The van der Waals surface area contributed by atoms with Crippen molar-refractivity contribution in [2.24, 2.45) is 0 Å². The Balaban J connectivity index is 1.52. The topological polar surface area (TPSA) is 93.7 Å². The van der Waals surface area contributed by atoms with E-state index in [0.29, 0.717) is 11.5 Å². The summed E-state index contributed by atoms with van der Waals surface area (Å²) in [6.45, 7) is 1.99. The molecule has 0 unspecified atom stereocenters. The van der Waals surface area contributed by atoms with E-state index in [1.165, 1.54) is 12.1 Å². The van der Waals surface area contributed by atoms with E-state index in [4.69, 9.17) is 21.1 Å². The molecule has 144 valence electrons. The van der Waals surface area contributed by atoms with Gasteiger partial charge in [0.05, 0.1) is 11.1 Å². The van der Waals surface area contributed by atoms with Crippen LogP contribution in [0.25, 0.3) is 0 Å². The number of halogens is 1. The third kappa shape index (κ3) is 4.71. The highest BCUT2D eigenvalue weighted by atomic mass is 35.5. The highest BCUT2D eigenvalue weighted by molar-refractivity contribution is 7.89. The highest BCUT2D eigenvalue weighted by Gasteiger charge is 2.19. The average molecular weight is 411 g/mol. The van der Waals surface area contributed by atoms with Gasteiger partial charge in [-0.3, -0.25) is 4.79 Å². The predicted molar refractivity (Wildman–Crippen MR) is 100 cm³/mol. The average Bonchev–Trinajstić information content (AvgIpc) is 3.09. The highest BCUT2D eigenvalue weighted by Crippen LogP contribution is 2.34. The standard InChI is InChI=1S/C18H19ClN2O5S/c1-12(13-6-7-15-16(10-13)26-11-25-15)21-18(22)8-9-20-27(23,24)17-5-3-2-4-14(17)19/h2-7,10,12,20H,8-9,11H2,1H3,(H,21,22)/t12-/m1/s1. The van der Waals surface area contributed by atoms with Crippen molar-refractivity contribution in [3.8, 4) is 11.5 Å². The second-order valence-corrected chi connectivity index (χ2v) is 8.12. The number of carbonyl (C=O) groups excluding carboxylic acids is 1. The second-order valence-electron chi connectivity index (χ2n) is 5.98. The molecule has 1 aliphatic heterocycles. The fourth-order valence-corrected chi connectivity index (χ4v) is 4.17. The number of carbonyl (C=O) groups is 1. The van der Waals surface area contributed by atoms with Crippen molar-refractivity contribution in [3.63, 3.8) is 0 Å². The Bertz CT molecular complexity index is 949. The Hall–Kier alpha value is -2.29. The summed E-state index contributed by atoms with van der Waals surface area (Å²) >= 11 is 5.91. The van der Waals surface area contributed by atoms with E-state index in [1.54, 1.807) is 18.2 Å². The Labute approximate surface area is 162 Å². The van der Waals surface area contributed by atoms with Gasteiger partial charge in [-0.05, 0) is 36.8 Å². The normalized spacial score (nSPS) is 14.0. The van der Waals surface area contributed by atoms with Crippen LogP contribution in [0, 0.1) is 0 Å². The molecule has 0 fully saturated rings. The van der Waals surface area contributed by atoms with Gasteiger partial charge < -0.3 is 14.8 Å². The van der Waals surface area contributed by atoms with Crippen molar-refractivity contribution >= 4 is 27.5 Å². The van der Waals surface area contributed by atoms with E-state index in [1.807, 2.05) is 19.1 Å². The van der Waals surface area contributed by atoms with E-state index in [0.717, 1.165) is 5.56 Å². The van der Waals surface area contributed by atoms with Crippen LogP contribution >= 0.6 is 11.6 Å². The molecule has 2 aromatic carbocycles. The van der Waals surface area contributed by atoms with Crippen molar-refractivity contribution in [2.75, 3.05) is 13.3 Å². The fourth-order valence-electron chi connectivity index (χ4n) is 2.62. The van der Waals surface area contributed by atoms with Gasteiger partial charge >= 0.3 is 0 Å². The van der Waals surface area contributed by atoms with Crippen LogP contribution in [0.4, 0.5) is 0 Å². The molecule has 0 saturated heterocycles. The minimum absolute atomic E-state index is 0.00141. The number of ether oxygens (including phenoxy) is 2. The van der Waals surface area contributed by atoms with Crippen LogP contribution in [-0.2, 0) is 14.8 Å². The van der Waals surface area contributed by atoms with Crippen molar-refractivity contribution in [1.29, 1.82) is 0 Å². The number of fused-ring (bicyclic) bond motifs is 1. The van der Waals surface area contributed by atoms with E-state index in [-0.39, 0.29) is 41.6 Å². The first kappa shape index (κ1) is 19.5. The lowest BCUT2D eigenvalue weighted by molar-refractivity contribution is -0.121. The van der Waals surface area contributed by atoms with Gasteiger partial charge in [0.2, 0.25) is 22.7 Å². The molecule has 0 radical (unpaired) electrons. The first-order chi connectivity index (χ1) is 12.9. The van der Waals surface area contributed by atoms with Crippen LogP contribution in [0.1, 0.15) is 24.9 Å². The van der Waals surface area contributed by atoms with Crippen LogP contribution in [0.2, 0.25) is 5.02 Å². The third-order valence-corrected chi connectivity index (χ3v) is 6.01. The van der Waals surface area contributed by atoms with Crippen molar-refractivity contribution in [3.05, 3.63) is 53.1 Å². The predicted octanol–water partition coefficient (Wildman–Crippen LogP) is 2.61. The quantitative estimate of drug-likeness (QED) is 0.731. The number of hydrogen-bond donors (Lipinski definition) is 2. The summed E-state index contributed by atoms with van der Waals surface area (Å²) in [6, 6.07) is 11.3. The molecule has 1 heterocycles. The summed E-state index contributed by atoms with van der Waals surface area (Å²) in [5.74, 6) is 1.04. The summed E-state index contributed by atoms with van der Waals surface area (Å²) in [5, 5.41) is 2.96. The summed E-state index contributed by atoms with van der Waals surface area (Å²) in [5.41, 5.74) is 0.865. The van der Waals surface area contributed by atoms with Gasteiger partial charge in [0.25, 0.3) is 0 Å². The molecular weight excluding hydrogens is 392 g/mol. The molecule has 0 aliphatic carbocycles. The van der Waals surface area contributed by atoms with Crippen molar-refractivity contribution in [1.82, 2.24) is 10.0 Å². The molecular formula is C18H19ClN2O5S. The SMILES string of the molecule is C[C@@H](NC(=O)CCNS(=O)(=O)c1ccccc1Cl)c1ccc2c(c1)OCO2. The fraction of sp³-hybridized carbons (Fsp3) is 0.278. The lowest BCUT2D eigenvalue weighted by Crippen LogP contribution is -2.32. The van der Waals surface area contributed by atoms with E-state index in [2.05, 4.69) is 10.0 Å². The van der Waals surface area contributed by atoms with Gasteiger partial charge in [0.15, 0.2) is 11.5 Å². The molecule has 2 aromatic rings. The molecule has 0 saturated carbocycles. The maximum Gasteiger partial charge on any atom is 0.242 e. The summed E-state index contributed by atoms with van der Waals surface area (Å²) in [7, 11) is -3.77. The Kier molecular flexibility index (Phi) is 5.88. The summed E-state index contributed by atoms with van der Waals surface area (Å²) < 4.78 is 37.4. The first-order valence-electron chi connectivity index (χ1n) is 8.30. The number of nitrogens with one attached hydrogen (secondary N) is 2. The van der Waals surface area contributed by atoms with Crippen LogP contribution < -0.4 is 19.5 Å². The van der Waals surface area contributed by atoms with Crippen LogP contribution in [0.3, 0.4) is 0 Å². The molecule has 27 heavy (non-hydrogen) atoms. The van der Waals surface area contributed by atoms with Crippen molar-refractivity contribution in [2.45, 2.75) is 24.3 Å². The van der Waals surface area contributed by atoms with Gasteiger partial charge in [-0.1, -0.05) is 29.8 Å². The molecule has 2 N–H and O–H groups in total. The molecule has 1 amide bonds. The Morgan fingerprint density at radius 2 is 1.93 bits per heavy atom. The maximum absolute atomic E-state index is 12.2. The monoisotopic (exact) mass is 410 g/mol. The van der Waals surface area contributed by atoms with Gasteiger partial charge in [0.1, 0.15) is 4.90 Å². The molecule has 3 rings (SSSR count). The minimum atomic E-state index is -3.77. The van der Waals surface area contributed by atoms with E-state index in [9.17, 15) is 13.2 Å². The molecule has 1 atom stereocenters. The largest absolute Gasteiger partial charge is 0.454 e. The number of sulfonamides is 1. The van der Waals surface area contributed by atoms with Gasteiger partial charge in [0, 0.05) is 13.0 Å². The van der Waals surface area contributed by atoms with E-state index < -0.39 is 10.0 Å². The molecule has 1 aliphatic rings. The smallest absolute Gasteiger partial charge is 0.242 e. The van der Waals surface area contributed by atoms with E-state index >= 15 is 0 Å². The zero-order valence-electron chi connectivity index (χ0n) is 14.6.